The van der Waals surface area contributed by atoms with E-state index < -0.39 is 19.0 Å². The molecule has 0 aliphatic carbocycles. The third-order valence-corrected chi connectivity index (χ3v) is 3.31. The van der Waals surface area contributed by atoms with E-state index in [0.29, 0.717) is 0 Å². The monoisotopic (exact) mass is 182 g/mol. The molecule has 0 bridgehead atoms. The topological polar surface area (TPSA) is 66.8 Å². The summed E-state index contributed by atoms with van der Waals surface area (Å²) in [6, 6.07) is 0. The normalized spacial score (nSPS) is 20.4. The number of hydrogen-bond acceptors (Lipinski definition) is 2. The molecule has 0 aromatic heterocycles. The van der Waals surface area contributed by atoms with Gasteiger partial charge in [-0.1, -0.05) is 23.3 Å². The maximum absolute atomic E-state index is 10.2. The van der Waals surface area contributed by atoms with Crippen molar-refractivity contribution in [3.63, 3.8) is 0 Å². The van der Waals surface area contributed by atoms with Gasteiger partial charge in [0.2, 0.25) is 0 Å². The number of thiol groups is 1. The molecule has 1 heterocycles. The summed E-state index contributed by atoms with van der Waals surface area (Å²) in [6.45, 7) is 0. The minimum atomic E-state index is -4.29. The molecule has 4 nitrogen and oxygen atoms in total. The van der Waals surface area contributed by atoms with Crippen molar-refractivity contribution in [2.75, 3.05) is 0 Å². The predicted octanol–water partition coefficient (Wildman–Crippen LogP) is 1.05. The summed E-state index contributed by atoms with van der Waals surface area (Å²) in [5.74, 6) is 0. The highest BCUT2D eigenvalue weighted by Crippen LogP contribution is 2.50. The van der Waals surface area contributed by atoms with E-state index in [1.807, 2.05) is 0 Å². The molecule has 0 radical (unpaired) electrons. The molecule has 0 fully saturated rings. The molecule has 1 rings (SSSR count). The Hall–Kier alpha value is -0.0600. The molecule has 1 aliphatic rings. The summed E-state index contributed by atoms with van der Waals surface area (Å²) in [4.78, 5) is 16.6. The van der Waals surface area contributed by atoms with Crippen molar-refractivity contribution in [2.24, 2.45) is 0 Å². The quantitative estimate of drug-likeness (QED) is 0.441. The van der Waals surface area contributed by atoms with Gasteiger partial charge in [-0.05, 0) is 10.8 Å². The maximum atomic E-state index is 10.2. The largest absolute Gasteiger partial charge is 0.479 e. The van der Waals surface area contributed by atoms with E-state index in [1.165, 1.54) is 0 Å². The molecule has 0 amide bonds. The number of hydrogen-bond donors (Lipinski definition) is 3. The Morgan fingerprint density at radius 2 is 1.80 bits per heavy atom. The summed E-state index contributed by atoms with van der Waals surface area (Å²) in [5.41, 5.74) is 0. The van der Waals surface area contributed by atoms with Crippen molar-refractivity contribution < 1.29 is 18.3 Å². The molecule has 0 saturated heterocycles. The van der Waals surface area contributed by atoms with Crippen LogP contribution in [-0.2, 0) is 8.54 Å². The molecule has 0 unspecified atom stereocenters. The molecule has 0 aromatic carbocycles. The van der Waals surface area contributed by atoms with Crippen LogP contribution in [0.15, 0.2) is 23.0 Å². The highest BCUT2D eigenvalue weighted by atomic mass is 32.2. The van der Waals surface area contributed by atoms with Gasteiger partial charge in [-0.15, -0.1) is 0 Å². The highest BCUT2D eigenvalue weighted by Gasteiger charge is 2.17. The van der Waals surface area contributed by atoms with Gasteiger partial charge in [0.25, 0.3) is 0 Å². The van der Waals surface area contributed by atoms with Crippen LogP contribution in [0.25, 0.3) is 0 Å². The van der Waals surface area contributed by atoms with Crippen molar-refractivity contribution in [2.45, 2.75) is 0 Å². The van der Waals surface area contributed by atoms with Gasteiger partial charge in [-0.2, -0.15) is 0 Å². The molecule has 0 aromatic rings. The molecule has 1 aliphatic heterocycles. The predicted molar refractivity (Wildman–Crippen MR) is 40.4 cm³/mol. The first-order valence-electron chi connectivity index (χ1n) is 2.46. The van der Waals surface area contributed by atoms with Crippen LogP contribution in [0.2, 0.25) is 0 Å². The fourth-order valence-electron chi connectivity index (χ4n) is 0.496. The fraction of sp³-hybridized carbons (Fsp3) is 0. The Labute approximate surface area is 61.0 Å². The molecule has 0 spiro atoms. The molecule has 10 heavy (non-hydrogen) atoms. The van der Waals surface area contributed by atoms with Gasteiger partial charge in [-0.25, -0.2) is 8.54 Å². The minimum Gasteiger partial charge on any atom is -0.302 e. The first kappa shape index (κ1) is 8.04. The van der Waals surface area contributed by atoms with Crippen LogP contribution >= 0.6 is 19.0 Å². The second-order valence-electron chi connectivity index (χ2n) is 1.62. The van der Waals surface area contributed by atoms with E-state index in [9.17, 15) is 4.57 Å². The second-order valence-corrected chi connectivity index (χ2v) is 4.57. The summed E-state index contributed by atoms with van der Waals surface area (Å²) in [5, 5.41) is 3.24. The molecule has 6 heteroatoms. The van der Waals surface area contributed by atoms with Crippen molar-refractivity contribution in [1.82, 2.24) is 0 Å². The van der Waals surface area contributed by atoms with Crippen LogP contribution in [0.5, 0.6) is 0 Å². The number of phosphoric acid groups is 1. The first-order valence-corrected chi connectivity index (χ1v) is 5.39. The summed E-state index contributed by atoms with van der Waals surface area (Å²) >= 11 is -1.16. The maximum Gasteiger partial charge on any atom is 0.479 e. The van der Waals surface area contributed by atoms with Crippen molar-refractivity contribution >= 4 is 19.0 Å². The zero-order valence-corrected chi connectivity index (χ0v) is 6.70. The number of allylic oxidation sites excluding steroid dienone is 2. The Bertz CT molecular complexity index is 205. The summed E-state index contributed by atoms with van der Waals surface area (Å²) < 4.78 is 14.6. The summed E-state index contributed by atoms with van der Waals surface area (Å²) in [6.07, 6.45) is 3.39. The fourth-order valence-corrected chi connectivity index (χ4v) is 2.55. The van der Waals surface area contributed by atoms with Crippen molar-refractivity contribution in [3.05, 3.63) is 23.0 Å². The molecule has 58 valence electrons. The SMILES string of the molecule is O=P(O)(O)O[SH]1C=CC=C1. The lowest BCUT2D eigenvalue weighted by Gasteiger charge is -2.10. The van der Waals surface area contributed by atoms with Gasteiger partial charge in [0.1, 0.15) is 0 Å². The molecular formula is C4H7O4PS. The van der Waals surface area contributed by atoms with Crippen LogP contribution in [0, 0.1) is 0 Å². The van der Waals surface area contributed by atoms with Crippen molar-refractivity contribution in [3.8, 4) is 0 Å². The van der Waals surface area contributed by atoms with Crippen molar-refractivity contribution in [1.29, 1.82) is 0 Å². The van der Waals surface area contributed by atoms with Gasteiger partial charge in [0.15, 0.2) is 0 Å². The zero-order valence-electron chi connectivity index (χ0n) is 4.91. The minimum absolute atomic E-state index is 1.16. The van der Waals surface area contributed by atoms with Crippen LogP contribution in [-0.4, -0.2) is 9.79 Å². The van der Waals surface area contributed by atoms with Crippen LogP contribution in [0.3, 0.4) is 0 Å². The smallest absolute Gasteiger partial charge is 0.302 e. The van der Waals surface area contributed by atoms with Gasteiger partial charge < -0.3 is 9.79 Å². The van der Waals surface area contributed by atoms with Crippen LogP contribution < -0.4 is 0 Å². The third-order valence-electron chi connectivity index (χ3n) is 0.778. The van der Waals surface area contributed by atoms with E-state index in [4.69, 9.17) is 9.79 Å². The van der Waals surface area contributed by atoms with Gasteiger partial charge >= 0.3 is 7.82 Å². The van der Waals surface area contributed by atoms with E-state index in [2.05, 4.69) is 3.97 Å². The Morgan fingerprint density at radius 3 is 2.20 bits per heavy atom. The van der Waals surface area contributed by atoms with E-state index in [0.717, 1.165) is 0 Å². The average molecular weight is 182 g/mol. The molecule has 2 N–H and O–H groups in total. The second kappa shape index (κ2) is 2.90. The Morgan fingerprint density at radius 1 is 1.30 bits per heavy atom. The highest BCUT2D eigenvalue weighted by molar-refractivity contribution is 8.20. The van der Waals surface area contributed by atoms with Gasteiger partial charge in [0.05, 0.1) is 0 Å². The Balaban J connectivity index is 2.47. The Kier molecular flexibility index (Phi) is 2.33. The zero-order chi connectivity index (χ0) is 7.61. The molecular weight excluding hydrogens is 175 g/mol. The van der Waals surface area contributed by atoms with Crippen LogP contribution in [0.4, 0.5) is 0 Å². The van der Waals surface area contributed by atoms with E-state index in [-0.39, 0.29) is 0 Å². The first-order chi connectivity index (χ1) is 4.58. The van der Waals surface area contributed by atoms with Gasteiger partial charge in [0, 0.05) is 0 Å². The van der Waals surface area contributed by atoms with E-state index in [1.54, 1.807) is 23.0 Å². The van der Waals surface area contributed by atoms with E-state index >= 15 is 0 Å². The molecule has 0 atom stereocenters. The van der Waals surface area contributed by atoms with Crippen LogP contribution in [0.1, 0.15) is 0 Å². The third kappa shape index (κ3) is 2.68. The number of rotatable bonds is 2. The average Bonchev–Trinajstić information content (AvgIpc) is 2.12. The lowest BCUT2D eigenvalue weighted by Crippen LogP contribution is -1.79. The summed E-state index contributed by atoms with van der Waals surface area (Å²) in [7, 11) is -4.29. The lowest BCUT2D eigenvalue weighted by molar-refractivity contribution is 0.298. The molecule has 0 saturated carbocycles. The lowest BCUT2D eigenvalue weighted by atomic mass is 10.6. The van der Waals surface area contributed by atoms with Gasteiger partial charge in [-0.3, -0.25) is 0 Å². The standard InChI is InChI=1S/C4H7O4PS/c5-9(6,7)8-10-3-1-2-4-10/h1-4,10H,(H2,5,6,7).